The lowest BCUT2D eigenvalue weighted by Gasteiger charge is -2.23. The van der Waals surface area contributed by atoms with Gasteiger partial charge in [-0.05, 0) is 61.1 Å². The van der Waals surface area contributed by atoms with Crippen LogP contribution in [0, 0.1) is 0 Å². The van der Waals surface area contributed by atoms with Crippen LogP contribution in [0.1, 0.15) is 57.5 Å². The lowest BCUT2D eigenvalue weighted by Crippen LogP contribution is -2.32. The molecule has 0 spiro atoms. The van der Waals surface area contributed by atoms with E-state index in [0.717, 1.165) is 36.8 Å². The van der Waals surface area contributed by atoms with E-state index in [1.54, 1.807) is 7.11 Å². The Morgan fingerprint density at radius 1 is 0.929 bits per heavy atom. The summed E-state index contributed by atoms with van der Waals surface area (Å²) in [5.74, 6) is 0.0438. The minimum absolute atomic E-state index is 0.0136. The molecule has 0 atom stereocenters. The summed E-state index contributed by atoms with van der Waals surface area (Å²) in [6.07, 6.45) is 4.26. The highest BCUT2D eigenvalue weighted by Crippen LogP contribution is 2.30. The Labute approximate surface area is 165 Å². The van der Waals surface area contributed by atoms with Gasteiger partial charge in [-0.25, -0.2) is 0 Å². The van der Waals surface area contributed by atoms with Gasteiger partial charge in [0, 0.05) is 36.9 Å². The van der Waals surface area contributed by atoms with Crippen molar-refractivity contribution in [2.75, 3.05) is 7.11 Å². The van der Waals surface area contributed by atoms with Crippen LogP contribution in [-0.4, -0.2) is 35.9 Å². The van der Waals surface area contributed by atoms with Crippen molar-refractivity contribution in [3.63, 3.8) is 0 Å². The van der Waals surface area contributed by atoms with Crippen LogP contribution in [0.5, 0.6) is 0 Å². The van der Waals surface area contributed by atoms with Crippen LogP contribution >= 0.6 is 0 Å². The van der Waals surface area contributed by atoms with Crippen LogP contribution in [0.2, 0.25) is 0 Å². The van der Waals surface area contributed by atoms with Gasteiger partial charge in [-0.3, -0.25) is 9.59 Å². The maximum Gasteiger partial charge on any atom is 0.254 e. The van der Waals surface area contributed by atoms with E-state index in [0.29, 0.717) is 36.4 Å². The maximum atomic E-state index is 13.0. The first-order valence-corrected chi connectivity index (χ1v) is 9.92. The Morgan fingerprint density at radius 2 is 1.54 bits per heavy atom. The van der Waals surface area contributed by atoms with E-state index in [2.05, 4.69) is 5.32 Å². The molecular weight excluding hydrogens is 352 g/mol. The van der Waals surface area contributed by atoms with Gasteiger partial charge in [-0.15, -0.1) is 0 Å². The summed E-state index contributed by atoms with van der Waals surface area (Å²) in [5, 5.41) is 3.00. The first-order valence-electron chi connectivity index (χ1n) is 9.92. The Morgan fingerprint density at radius 3 is 2.11 bits per heavy atom. The summed E-state index contributed by atoms with van der Waals surface area (Å²) in [6.45, 7) is 1.11. The number of rotatable bonds is 8. The van der Waals surface area contributed by atoms with E-state index in [1.165, 1.54) is 0 Å². The van der Waals surface area contributed by atoms with E-state index in [-0.39, 0.29) is 11.8 Å². The molecule has 5 heteroatoms. The highest BCUT2D eigenvalue weighted by Gasteiger charge is 2.33. The second-order valence-electron chi connectivity index (χ2n) is 7.74. The van der Waals surface area contributed by atoms with Crippen molar-refractivity contribution in [3.8, 4) is 0 Å². The molecule has 0 unspecified atom stereocenters. The minimum Gasteiger partial charge on any atom is -0.380 e. The van der Waals surface area contributed by atoms with Gasteiger partial charge in [-0.1, -0.05) is 24.3 Å². The first kappa shape index (κ1) is 18.7. The number of nitrogens with one attached hydrogen (secondary N) is 1. The molecule has 2 saturated carbocycles. The van der Waals surface area contributed by atoms with Gasteiger partial charge in [0.05, 0.1) is 6.61 Å². The van der Waals surface area contributed by atoms with Crippen molar-refractivity contribution >= 4 is 11.8 Å². The van der Waals surface area contributed by atoms with Crippen molar-refractivity contribution in [2.45, 2.75) is 50.9 Å². The highest BCUT2D eigenvalue weighted by atomic mass is 16.5. The van der Waals surface area contributed by atoms with Crippen molar-refractivity contribution in [1.29, 1.82) is 0 Å². The Kier molecular flexibility index (Phi) is 5.44. The number of benzene rings is 2. The van der Waals surface area contributed by atoms with Gasteiger partial charge in [0.2, 0.25) is 0 Å². The molecule has 5 nitrogen and oxygen atoms in total. The normalized spacial score (nSPS) is 15.9. The largest absolute Gasteiger partial charge is 0.380 e. The van der Waals surface area contributed by atoms with Gasteiger partial charge in [0.25, 0.3) is 11.8 Å². The predicted octanol–water partition coefficient (Wildman–Crippen LogP) is 3.53. The quantitative estimate of drug-likeness (QED) is 0.764. The van der Waals surface area contributed by atoms with Crippen LogP contribution in [0.15, 0.2) is 48.5 Å². The average molecular weight is 378 g/mol. The lowest BCUT2D eigenvalue weighted by atomic mass is 10.1. The van der Waals surface area contributed by atoms with E-state index in [1.807, 2.05) is 53.4 Å². The van der Waals surface area contributed by atoms with Crippen LogP contribution < -0.4 is 5.32 Å². The minimum atomic E-state index is -0.0136. The first-order chi connectivity index (χ1) is 13.6. The van der Waals surface area contributed by atoms with Crippen molar-refractivity contribution in [3.05, 3.63) is 70.8 Å². The standard InChI is InChI=1S/C23H26N2O3/c1-28-15-17-4-8-19(9-5-17)23(27)25(21-12-13-21)14-16-2-6-18(7-3-16)22(26)24-20-10-11-20/h2-9,20-21H,10-15H2,1H3,(H,24,26). The number of methoxy groups -OCH3 is 1. The molecule has 0 aromatic heterocycles. The third-order valence-corrected chi connectivity index (χ3v) is 5.24. The molecule has 28 heavy (non-hydrogen) atoms. The van der Waals surface area contributed by atoms with Crippen molar-refractivity contribution < 1.29 is 14.3 Å². The molecule has 146 valence electrons. The molecule has 0 bridgehead atoms. The van der Waals surface area contributed by atoms with E-state index >= 15 is 0 Å². The molecule has 2 aromatic rings. The number of carbonyl (C=O) groups excluding carboxylic acids is 2. The molecule has 1 N–H and O–H groups in total. The molecule has 2 aliphatic carbocycles. The number of nitrogens with zero attached hydrogens (tertiary/aromatic N) is 1. The van der Waals surface area contributed by atoms with Gasteiger partial charge < -0.3 is 15.0 Å². The molecule has 0 saturated heterocycles. The number of hydrogen-bond acceptors (Lipinski definition) is 3. The molecule has 2 fully saturated rings. The smallest absolute Gasteiger partial charge is 0.254 e. The number of amides is 2. The topological polar surface area (TPSA) is 58.6 Å². The molecule has 4 rings (SSSR count). The molecule has 0 aliphatic heterocycles. The predicted molar refractivity (Wildman–Crippen MR) is 107 cm³/mol. The van der Waals surface area contributed by atoms with Gasteiger partial charge in [-0.2, -0.15) is 0 Å². The monoisotopic (exact) mass is 378 g/mol. The summed E-state index contributed by atoms with van der Waals surface area (Å²) < 4.78 is 5.13. The summed E-state index contributed by atoms with van der Waals surface area (Å²) >= 11 is 0. The molecule has 2 aromatic carbocycles. The third-order valence-electron chi connectivity index (χ3n) is 5.24. The lowest BCUT2D eigenvalue weighted by molar-refractivity contribution is 0.0729. The maximum absolute atomic E-state index is 13.0. The zero-order valence-electron chi connectivity index (χ0n) is 16.2. The number of carbonyl (C=O) groups is 2. The number of ether oxygens (including phenoxy) is 1. The molecular formula is C23H26N2O3. The fourth-order valence-electron chi connectivity index (χ4n) is 3.28. The van der Waals surface area contributed by atoms with Crippen LogP contribution in [0.4, 0.5) is 0 Å². The Hall–Kier alpha value is -2.66. The fraction of sp³-hybridized carbons (Fsp3) is 0.391. The van der Waals surface area contributed by atoms with Gasteiger partial charge in [0.1, 0.15) is 0 Å². The zero-order valence-corrected chi connectivity index (χ0v) is 16.2. The molecule has 2 aliphatic rings. The fourth-order valence-corrected chi connectivity index (χ4v) is 3.28. The van der Waals surface area contributed by atoms with Gasteiger partial charge >= 0.3 is 0 Å². The summed E-state index contributed by atoms with van der Waals surface area (Å²) in [5.41, 5.74) is 3.47. The second-order valence-corrected chi connectivity index (χ2v) is 7.74. The van der Waals surface area contributed by atoms with Gasteiger partial charge in [0.15, 0.2) is 0 Å². The summed E-state index contributed by atoms with van der Waals surface area (Å²) in [4.78, 5) is 27.1. The van der Waals surface area contributed by atoms with Crippen LogP contribution in [0.25, 0.3) is 0 Å². The molecule has 0 radical (unpaired) electrons. The van der Waals surface area contributed by atoms with Crippen LogP contribution in [-0.2, 0) is 17.9 Å². The van der Waals surface area contributed by atoms with E-state index in [4.69, 9.17) is 4.74 Å². The van der Waals surface area contributed by atoms with Crippen molar-refractivity contribution in [1.82, 2.24) is 10.2 Å². The highest BCUT2D eigenvalue weighted by molar-refractivity contribution is 5.95. The van der Waals surface area contributed by atoms with E-state index < -0.39 is 0 Å². The summed E-state index contributed by atoms with van der Waals surface area (Å²) in [7, 11) is 1.66. The average Bonchev–Trinajstić information content (AvgIpc) is 3.62. The Bertz CT molecular complexity index is 837. The van der Waals surface area contributed by atoms with E-state index in [9.17, 15) is 9.59 Å². The zero-order chi connectivity index (χ0) is 19.5. The third kappa shape index (κ3) is 4.60. The number of hydrogen-bond donors (Lipinski definition) is 1. The summed E-state index contributed by atoms with van der Waals surface area (Å²) in [6, 6.07) is 15.9. The van der Waals surface area contributed by atoms with Crippen LogP contribution in [0.3, 0.4) is 0 Å². The Balaban J connectivity index is 1.43. The molecule has 2 amide bonds. The SMILES string of the molecule is COCc1ccc(C(=O)N(Cc2ccc(C(=O)NC3CC3)cc2)C2CC2)cc1. The van der Waals surface area contributed by atoms with Crippen molar-refractivity contribution in [2.24, 2.45) is 0 Å². The molecule has 0 heterocycles. The second kappa shape index (κ2) is 8.15.